The van der Waals surface area contributed by atoms with Gasteiger partial charge in [0.05, 0.1) is 5.39 Å². The normalized spacial score (nSPS) is 12.3. The summed E-state index contributed by atoms with van der Waals surface area (Å²) in [5.74, 6) is 1.58. The first-order valence-electron chi connectivity index (χ1n) is 5.93. The second-order valence-electron chi connectivity index (χ2n) is 5.36. The minimum atomic E-state index is 0.257. The van der Waals surface area contributed by atoms with E-state index in [4.69, 9.17) is 0 Å². The Balaban J connectivity index is 2.17. The number of fused-ring (bicyclic) bond motifs is 1. The number of nitrogens with one attached hydrogen (secondary N) is 1. The Morgan fingerprint density at radius 3 is 2.82 bits per heavy atom. The third-order valence-corrected chi connectivity index (χ3v) is 4.36. The van der Waals surface area contributed by atoms with Gasteiger partial charge >= 0.3 is 0 Å². The largest absolute Gasteiger partial charge is 0.369 e. The molecule has 0 spiro atoms. The number of hydrogen-bond acceptors (Lipinski definition) is 4. The molecular formula is C13H19N3S. The van der Waals surface area contributed by atoms with Crippen LogP contribution in [0.2, 0.25) is 0 Å². The van der Waals surface area contributed by atoms with Gasteiger partial charge in [0, 0.05) is 6.54 Å². The number of hydrogen-bond donors (Lipinski definition) is 1. The molecule has 0 aliphatic heterocycles. The second kappa shape index (κ2) is 4.61. The average molecular weight is 249 g/mol. The zero-order valence-corrected chi connectivity index (χ0v) is 11.6. The fourth-order valence-electron chi connectivity index (χ4n) is 1.45. The second-order valence-corrected chi connectivity index (χ2v) is 6.25. The molecule has 0 unspecified atom stereocenters. The van der Waals surface area contributed by atoms with E-state index < -0.39 is 0 Å². The predicted molar refractivity (Wildman–Crippen MR) is 74.5 cm³/mol. The smallest absolute Gasteiger partial charge is 0.138 e. The summed E-state index contributed by atoms with van der Waals surface area (Å²) in [6.07, 6.45) is 1.63. The Hall–Kier alpha value is -1.16. The summed E-state index contributed by atoms with van der Waals surface area (Å²) in [5, 5.41) is 6.63. The van der Waals surface area contributed by atoms with Gasteiger partial charge in [-0.15, -0.1) is 11.3 Å². The molecule has 0 fully saturated rings. The Labute approximate surface area is 106 Å². The van der Waals surface area contributed by atoms with Crippen LogP contribution in [0.4, 0.5) is 5.82 Å². The fraction of sp³-hybridized carbons (Fsp3) is 0.538. The van der Waals surface area contributed by atoms with Gasteiger partial charge in [0.1, 0.15) is 17.0 Å². The molecule has 0 aromatic carbocycles. The number of thiophene rings is 1. The van der Waals surface area contributed by atoms with Gasteiger partial charge in [-0.3, -0.25) is 0 Å². The summed E-state index contributed by atoms with van der Waals surface area (Å²) in [7, 11) is 0. The van der Waals surface area contributed by atoms with E-state index in [9.17, 15) is 0 Å². The van der Waals surface area contributed by atoms with E-state index in [0.717, 1.165) is 22.6 Å². The van der Waals surface area contributed by atoms with Crippen LogP contribution in [0.5, 0.6) is 0 Å². The van der Waals surface area contributed by atoms with Crippen LogP contribution in [-0.4, -0.2) is 16.5 Å². The topological polar surface area (TPSA) is 37.8 Å². The maximum atomic E-state index is 4.33. The lowest BCUT2D eigenvalue weighted by molar-refractivity contribution is 0.269. The van der Waals surface area contributed by atoms with Crippen molar-refractivity contribution in [3.63, 3.8) is 0 Å². The summed E-state index contributed by atoms with van der Waals surface area (Å²) in [6.45, 7) is 9.98. The summed E-state index contributed by atoms with van der Waals surface area (Å²) in [6, 6.07) is 2.07. The first kappa shape index (κ1) is 12.3. The molecule has 0 atom stereocenters. The lowest BCUT2D eigenvalue weighted by Crippen LogP contribution is -2.28. The van der Waals surface area contributed by atoms with E-state index in [0.29, 0.717) is 5.92 Å². The van der Waals surface area contributed by atoms with Crippen molar-refractivity contribution in [1.82, 2.24) is 9.97 Å². The van der Waals surface area contributed by atoms with E-state index in [1.807, 2.05) is 0 Å². The molecule has 0 saturated carbocycles. The molecule has 4 heteroatoms. The molecule has 0 bridgehead atoms. The minimum absolute atomic E-state index is 0.257. The number of aromatic nitrogens is 2. The molecule has 92 valence electrons. The van der Waals surface area contributed by atoms with Crippen molar-refractivity contribution >= 4 is 27.4 Å². The van der Waals surface area contributed by atoms with Gasteiger partial charge in [0.25, 0.3) is 0 Å². The van der Waals surface area contributed by atoms with E-state index in [2.05, 4.69) is 54.4 Å². The Morgan fingerprint density at radius 2 is 2.12 bits per heavy atom. The summed E-state index contributed by atoms with van der Waals surface area (Å²) < 4.78 is 0. The molecule has 0 saturated heterocycles. The molecule has 1 N–H and O–H groups in total. The number of nitrogens with zero attached hydrogens (tertiary/aromatic N) is 2. The standard InChI is InChI=1S/C13H19N3S/c1-9(2)13(3,4)7-14-11-10-5-6-17-12(10)16-8-15-11/h5-6,8-9H,7H2,1-4H3,(H,14,15,16). The third kappa shape index (κ3) is 2.57. The Bertz CT molecular complexity index is 502. The lowest BCUT2D eigenvalue weighted by atomic mass is 9.81. The van der Waals surface area contributed by atoms with Crippen molar-refractivity contribution in [2.24, 2.45) is 11.3 Å². The van der Waals surface area contributed by atoms with Crippen LogP contribution in [0.25, 0.3) is 10.2 Å². The Morgan fingerprint density at radius 1 is 1.35 bits per heavy atom. The molecule has 2 aromatic rings. The highest BCUT2D eigenvalue weighted by atomic mass is 32.1. The van der Waals surface area contributed by atoms with Crippen molar-refractivity contribution in [3.8, 4) is 0 Å². The van der Waals surface area contributed by atoms with Gasteiger partial charge in [-0.1, -0.05) is 27.7 Å². The van der Waals surface area contributed by atoms with Crippen LogP contribution in [0.1, 0.15) is 27.7 Å². The molecule has 0 aliphatic rings. The third-order valence-electron chi connectivity index (χ3n) is 3.54. The SMILES string of the molecule is CC(C)C(C)(C)CNc1ncnc2sccc12. The van der Waals surface area contributed by atoms with Crippen LogP contribution in [-0.2, 0) is 0 Å². The predicted octanol–water partition coefficient (Wildman–Crippen LogP) is 3.79. The van der Waals surface area contributed by atoms with Crippen LogP contribution in [0.3, 0.4) is 0 Å². The van der Waals surface area contributed by atoms with Crippen molar-refractivity contribution in [1.29, 1.82) is 0 Å². The molecular weight excluding hydrogens is 230 g/mol. The van der Waals surface area contributed by atoms with Crippen molar-refractivity contribution in [3.05, 3.63) is 17.8 Å². The molecule has 17 heavy (non-hydrogen) atoms. The highest BCUT2D eigenvalue weighted by Gasteiger charge is 2.22. The summed E-state index contributed by atoms with van der Waals surface area (Å²) >= 11 is 1.65. The maximum absolute atomic E-state index is 4.33. The molecule has 2 heterocycles. The first-order valence-corrected chi connectivity index (χ1v) is 6.81. The summed E-state index contributed by atoms with van der Waals surface area (Å²) in [5.41, 5.74) is 0.257. The van der Waals surface area contributed by atoms with E-state index in [1.54, 1.807) is 17.7 Å². The number of rotatable bonds is 4. The Kier molecular flexibility index (Phi) is 3.33. The van der Waals surface area contributed by atoms with Crippen LogP contribution in [0, 0.1) is 11.3 Å². The minimum Gasteiger partial charge on any atom is -0.369 e. The fourth-order valence-corrected chi connectivity index (χ4v) is 2.18. The monoisotopic (exact) mass is 249 g/mol. The highest BCUT2D eigenvalue weighted by Crippen LogP contribution is 2.28. The van der Waals surface area contributed by atoms with E-state index >= 15 is 0 Å². The van der Waals surface area contributed by atoms with Gasteiger partial charge in [-0.25, -0.2) is 9.97 Å². The van der Waals surface area contributed by atoms with Gasteiger partial charge in [0.2, 0.25) is 0 Å². The zero-order chi connectivity index (χ0) is 12.5. The van der Waals surface area contributed by atoms with E-state index in [-0.39, 0.29) is 5.41 Å². The van der Waals surface area contributed by atoms with Gasteiger partial charge in [0.15, 0.2) is 0 Å². The quantitative estimate of drug-likeness (QED) is 0.896. The molecule has 0 aliphatic carbocycles. The van der Waals surface area contributed by atoms with Gasteiger partial charge in [-0.2, -0.15) is 0 Å². The van der Waals surface area contributed by atoms with Gasteiger partial charge < -0.3 is 5.32 Å². The highest BCUT2D eigenvalue weighted by molar-refractivity contribution is 7.16. The van der Waals surface area contributed by atoms with Crippen molar-refractivity contribution in [2.45, 2.75) is 27.7 Å². The zero-order valence-electron chi connectivity index (χ0n) is 10.8. The molecule has 2 aromatic heterocycles. The van der Waals surface area contributed by atoms with Crippen LogP contribution >= 0.6 is 11.3 Å². The average Bonchev–Trinajstić information content (AvgIpc) is 2.74. The summed E-state index contributed by atoms with van der Waals surface area (Å²) in [4.78, 5) is 9.62. The van der Waals surface area contributed by atoms with Gasteiger partial charge in [-0.05, 0) is 22.8 Å². The maximum Gasteiger partial charge on any atom is 0.138 e. The van der Waals surface area contributed by atoms with Crippen LogP contribution < -0.4 is 5.32 Å². The van der Waals surface area contributed by atoms with E-state index in [1.165, 1.54) is 0 Å². The number of anilines is 1. The molecule has 0 radical (unpaired) electrons. The first-order chi connectivity index (χ1) is 8.00. The molecule has 3 nitrogen and oxygen atoms in total. The molecule has 0 amide bonds. The van der Waals surface area contributed by atoms with Crippen LogP contribution in [0.15, 0.2) is 17.8 Å². The molecule has 2 rings (SSSR count). The van der Waals surface area contributed by atoms with Crippen molar-refractivity contribution in [2.75, 3.05) is 11.9 Å². The van der Waals surface area contributed by atoms with Crippen molar-refractivity contribution < 1.29 is 0 Å². The lowest BCUT2D eigenvalue weighted by Gasteiger charge is -2.29.